The van der Waals surface area contributed by atoms with Crippen molar-refractivity contribution >= 4 is 15.9 Å². The Balaban J connectivity index is 2.39. The molecule has 1 aliphatic rings. The first-order valence-corrected chi connectivity index (χ1v) is 5.78. The molecule has 1 fully saturated rings. The molecule has 15 heavy (non-hydrogen) atoms. The minimum Gasteiger partial charge on any atom is -0.328 e. The summed E-state index contributed by atoms with van der Waals surface area (Å²) >= 11 is 3.07. The van der Waals surface area contributed by atoms with Crippen LogP contribution in [0.1, 0.15) is 30.7 Å². The van der Waals surface area contributed by atoms with Gasteiger partial charge in [-0.25, -0.2) is 8.78 Å². The molecule has 82 valence electrons. The highest BCUT2D eigenvalue weighted by molar-refractivity contribution is 9.10. The Hall–Kier alpha value is -0.480. The van der Waals surface area contributed by atoms with Crippen LogP contribution < -0.4 is 5.73 Å². The van der Waals surface area contributed by atoms with E-state index in [1.807, 2.05) is 0 Å². The van der Waals surface area contributed by atoms with Crippen molar-refractivity contribution in [2.75, 3.05) is 0 Å². The lowest BCUT2D eigenvalue weighted by Gasteiger charge is -2.13. The first kappa shape index (κ1) is 11.0. The van der Waals surface area contributed by atoms with Crippen LogP contribution in [0.5, 0.6) is 0 Å². The standard InChI is InChI=1S/C11H12BrF2N/c12-8-3-4-9(13)10(11(8)14)6-1-2-7(15)5-6/h3-4,6-7H,1-2,5,15H2. The van der Waals surface area contributed by atoms with Gasteiger partial charge in [0.15, 0.2) is 0 Å². The highest BCUT2D eigenvalue weighted by Crippen LogP contribution is 2.37. The van der Waals surface area contributed by atoms with Gasteiger partial charge in [0.2, 0.25) is 0 Å². The topological polar surface area (TPSA) is 26.0 Å². The van der Waals surface area contributed by atoms with E-state index in [1.54, 1.807) is 0 Å². The van der Waals surface area contributed by atoms with Crippen molar-refractivity contribution in [3.8, 4) is 0 Å². The first-order valence-electron chi connectivity index (χ1n) is 4.98. The van der Waals surface area contributed by atoms with Crippen molar-refractivity contribution in [3.05, 3.63) is 33.8 Å². The molecule has 0 radical (unpaired) electrons. The third kappa shape index (κ3) is 2.06. The van der Waals surface area contributed by atoms with Crippen LogP contribution in [0.4, 0.5) is 8.78 Å². The summed E-state index contributed by atoms with van der Waals surface area (Å²) in [6.07, 6.45) is 2.28. The van der Waals surface area contributed by atoms with Crippen LogP contribution >= 0.6 is 15.9 Å². The molecule has 2 rings (SSSR count). The molecule has 2 N–H and O–H groups in total. The van der Waals surface area contributed by atoms with Gasteiger partial charge in [-0.3, -0.25) is 0 Å². The van der Waals surface area contributed by atoms with Crippen molar-refractivity contribution in [1.29, 1.82) is 0 Å². The molecule has 0 bridgehead atoms. The molecule has 1 saturated carbocycles. The lowest BCUT2D eigenvalue weighted by molar-refractivity contribution is 0.518. The summed E-state index contributed by atoms with van der Waals surface area (Å²) in [4.78, 5) is 0. The maximum absolute atomic E-state index is 13.7. The number of nitrogens with two attached hydrogens (primary N) is 1. The second-order valence-electron chi connectivity index (χ2n) is 4.03. The molecule has 1 aromatic rings. The van der Waals surface area contributed by atoms with Gasteiger partial charge < -0.3 is 5.73 Å². The Bertz CT molecular complexity index is 381. The Labute approximate surface area is 95.8 Å². The third-order valence-corrected chi connectivity index (χ3v) is 3.57. The van der Waals surface area contributed by atoms with E-state index in [0.29, 0.717) is 10.9 Å². The number of hydrogen-bond acceptors (Lipinski definition) is 1. The fraction of sp³-hybridized carbons (Fsp3) is 0.455. The molecule has 1 nitrogen and oxygen atoms in total. The molecule has 0 aromatic heterocycles. The van der Waals surface area contributed by atoms with E-state index in [4.69, 9.17) is 5.73 Å². The van der Waals surface area contributed by atoms with Crippen LogP contribution in [0.15, 0.2) is 16.6 Å². The Kier molecular flexibility index (Phi) is 3.07. The molecule has 1 aromatic carbocycles. The maximum Gasteiger partial charge on any atom is 0.143 e. The normalized spacial score (nSPS) is 25.9. The van der Waals surface area contributed by atoms with E-state index in [9.17, 15) is 8.78 Å². The summed E-state index contributed by atoms with van der Waals surface area (Å²) in [6, 6.07) is 2.77. The molecule has 0 amide bonds. The molecule has 0 spiro atoms. The van der Waals surface area contributed by atoms with E-state index in [1.165, 1.54) is 12.1 Å². The van der Waals surface area contributed by atoms with Crippen LogP contribution in [-0.2, 0) is 0 Å². The predicted octanol–water partition coefficient (Wildman–Crippen LogP) is 3.32. The van der Waals surface area contributed by atoms with E-state index in [-0.39, 0.29) is 17.5 Å². The summed E-state index contributed by atoms with van der Waals surface area (Å²) in [6.45, 7) is 0. The van der Waals surface area contributed by atoms with Gasteiger partial charge in [0.05, 0.1) is 4.47 Å². The smallest absolute Gasteiger partial charge is 0.143 e. The lowest BCUT2D eigenvalue weighted by Crippen LogP contribution is -2.15. The summed E-state index contributed by atoms with van der Waals surface area (Å²) in [5.74, 6) is -1.01. The second kappa shape index (κ2) is 4.18. The van der Waals surface area contributed by atoms with Crippen LogP contribution in [-0.4, -0.2) is 6.04 Å². The second-order valence-corrected chi connectivity index (χ2v) is 4.88. The number of rotatable bonds is 1. The Morgan fingerprint density at radius 3 is 2.60 bits per heavy atom. The van der Waals surface area contributed by atoms with Crippen LogP contribution in [0.3, 0.4) is 0 Å². The van der Waals surface area contributed by atoms with E-state index >= 15 is 0 Å². The zero-order valence-corrected chi connectivity index (χ0v) is 9.73. The van der Waals surface area contributed by atoms with E-state index in [2.05, 4.69) is 15.9 Å². The predicted molar refractivity (Wildman–Crippen MR) is 58.6 cm³/mol. The molecular weight excluding hydrogens is 264 g/mol. The third-order valence-electron chi connectivity index (χ3n) is 2.96. The van der Waals surface area contributed by atoms with Crippen LogP contribution in [0.2, 0.25) is 0 Å². The molecule has 0 saturated heterocycles. The maximum atomic E-state index is 13.7. The summed E-state index contributed by atoms with van der Waals surface area (Å²) < 4.78 is 27.5. The Morgan fingerprint density at radius 2 is 2.00 bits per heavy atom. The monoisotopic (exact) mass is 275 g/mol. The van der Waals surface area contributed by atoms with E-state index < -0.39 is 11.6 Å². The quantitative estimate of drug-likeness (QED) is 0.782. The van der Waals surface area contributed by atoms with Crippen molar-refractivity contribution in [2.24, 2.45) is 5.73 Å². The van der Waals surface area contributed by atoms with Gasteiger partial charge in [0.25, 0.3) is 0 Å². The average Bonchev–Trinajstić information content (AvgIpc) is 2.59. The first-order chi connectivity index (χ1) is 7.09. The number of benzene rings is 1. The lowest BCUT2D eigenvalue weighted by atomic mass is 9.96. The number of halogens is 3. The molecule has 4 heteroatoms. The van der Waals surface area contributed by atoms with Gasteiger partial charge in [-0.05, 0) is 53.2 Å². The van der Waals surface area contributed by atoms with Crippen molar-refractivity contribution in [3.63, 3.8) is 0 Å². The van der Waals surface area contributed by atoms with Gasteiger partial charge in [0.1, 0.15) is 11.6 Å². The van der Waals surface area contributed by atoms with E-state index in [0.717, 1.165) is 12.8 Å². The molecular formula is C11H12BrF2N. The van der Waals surface area contributed by atoms with Crippen LogP contribution in [0, 0.1) is 11.6 Å². The number of hydrogen-bond donors (Lipinski definition) is 1. The molecule has 1 aliphatic carbocycles. The van der Waals surface area contributed by atoms with Gasteiger partial charge in [-0.2, -0.15) is 0 Å². The summed E-state index contributed by atoms with van der Waals surface area (Å²) in [5.41, 5.74) is 5.94. The van der Waals surface area contributed by atoms with Gasteiger partial charge in [-0.1, -0.05) is 0 Å². The highest BCUT2D eigenvalue weighted by atomic mass is 79.9. The molecule has 0 heterocycles. The summed E-state index contributed by atoms with van der Waals surface area (Å²) in [5, 5.41) is 0. The SMILES string of the molecule is NC1CCC(c2c(F)ccc(Br)c2F)C1. The zero-order chi connectivity index (χ0) is 11.0. The van der Waals surface area contributed by atoms with Gasteiger partial charge >= 0.3 is 0 Å². The fourth-order valence-corrected chi connectivity index (χ4v) is 2.54. The minimum absolute atomic E-state index is 0.0718. The molecule has 2 atom stereocenters. The summed E-state index contributed by atoms with van der Waals surface area (Å²) in [7, 11) is 0. The highest BCUT2D eigenvalue weighted by Gasteiger charge is 2.28. The zero-order valence-electron chi connectivity index (χ0n) is 8.14. The van der Waals surface area contributed by atoms with Crippen LogP contribution in [0.25, 0.3) is 0 Å². The molecule has 2 unspecified atom stereocenters. The molecule has 0 aliphatic heterocycles. The largest absolute Gasteiger partial charge is 0.328 e. The minimum atomic E-state index is -0.478. The fourth-order valence-electron chi connectivity index (χ4n) is 2.20. The average molecular weight is 276 g/mol. The van der Waals surface area contributed by atoms with Gasteiger partial charge in [-0.15, -0.1) is 0 Å². The van der Waals surface area contributed by atoms with Crippen molar-refractivity contribution in [2.45, 2.75) is 31.2 Å². The van der Waals surface area contributed by atoms with Gasteiger partial charge in [0, 0.05) is 11.6 Å². The van der Waals surface area contributed by atoms with Crippen molar-refractivity contribution in [1.82, 2.24) is 0 Å². The van der Waals surface area contributed by atoms with Crippen molar-refractivity contribution < 1.29 is 8.78 Å². The Morgan fingerprint density at radius 1 is 1.27 bits per heavy atom.